The van der Waals surface area contributed by atoms with Gasteiger partial charge >= 0.3 is 0 Å². The van der Waals surface area contributed by atoms with Crippen LogP contribution in [0.2, 0.25) is 0 Å². The van der Waals surface area contributed by atoms with Gasteiger partial charge in [-0.25, -0.2) is 0 Å². The molecule has 0 bridgehead atoms. The van der Waals surface area contributed by atoms with Gasteiger partial charge in [-0.2, -0.15) is 0 Å². The molecule has 1 aromatic heterocycles. The highest BCUT2D eigenvalue weighted by Gasteiger charge is 2.31. The third-order valence-corrected chi connectivity index (χ3v) is 5.98. The van der Waals surface area contributed by atoms with Gasteiger partial charge in [-0.05, 0) is 28.5 Å². The van der Waals surface area contributed by atoms with E-state index in [1.807, 2.05) is 30.3 Å². The fraction of sp³-hybridized carbons (Fsp3) is 0.111. The van der Waals surface area contributed by atoms with Crippen LogP contribution < -0.4 is 0 Å². The molecule has 29 heavy (non-hydrogen) atoms. The second-order valence-corrected chi connectivity index (χ2v) is 8.09. The maximum absolute atomic E-state index is 11.0. The van der Waals surface area contributed by atoms with E-state index in [0.29, 0.717) is 5.75 Å². The van der Waals surface area contributed by atoms with E-state index in [0.717, 1.165) is 38.5 Å². The SMILES string of the molecule is CC(C)(c1ccccc1)c1[nH]c2ccccc2c1-c1c(O)ccc2ccccc12. The lowest BCUT2D eigenvalue weighted by Gasteiger charge is -2.27. The number of aromatic nitrogens is 1. The molecule has 2 heteroatoms. The van der Waals surface area contributed by atoms with Gasteiger partial charge in [-0.1, -0.05) is 92.7 Å². The first-order valence-electron chi connectivity index (χ1n) is 9.95. The Morgan fingerprint density at radius 3 is 2.10 bits per heavy atom. The number of rotatable bonds is 3. The Hall–Kier alpha value is -3.52. The van der Waals surface area contributed by atoms with Crippen molar-refractivity contribution in [1.82, 2.24) is 4.98 Å². The summed E-state index contributed by atoms with van der Waals surface area (Å²) in [5, 5.41) is 14.3. The zero-order valence-corrected chi connectivity index (χ0v) is 16.6. The zero-order chi connectivity index (χ0) is 20.0. The standard InChI is InChI=1S/C27H23NO/c1-27(2,19-11-4-3-5-12-19)26-25(21-14-8-9-15-22(21)28-26)24-20-13-7-6-10-18(20)16-17-23(24)29/h3-17,28-29H,1-2H3. The Morgan fingerprint density at radius 2 is 1.31 bits per heavy atom. The first-order valence-corrected chi connectivity index (χ1v) is 9.95. The summed E-state index contributed by atoms with van der Waals surface area (Å²) < 4.78 is 0. The molecule has 0 aliphatic rings. The normalized spacial score (nSPS) is 11.9. The van der Waals surface area contributed by atoms with Crippen molar-refractivity contribution in [3.8, 4) is 16.9 Å². The summed E-state index contributed by atoms with van der Waals surface area (Å²) in [6, 6.07) is 30.9. The van der Waals surface area contributed by atoms with Crippen LogP contribution in [0.5, 0.6) is 5.75 Å². The smallest absolute Gasteiger partial charge is 0.124 e. The lowest BCUT2D eigenvalue weighted by molar-refractivity contribution is 0.478. The Kier molecular flexibility index (Phi) is 3.95. The highest BCUT2D eigenvalue weighted by Crippen LogP contribution is 2.46. The predicted octanol–water partition coefficient (Wildman–Crippen LogP) is 7.02. The number of phenols is 1. The predicted molar refractivity (Wildman–Crippen MR) is 121 cm³/mol. The van der Waals surface area contributed by atoms with Gasteiger partial charge in [0, 0.05) is 33.1 Å². The van der Waals surface area contributed by atoms with Crippen molar-refractivity contribution in [2.45, 2.75) is 19.3 Å². The van der Waals surface area contributed by atoms with Gasteiger partial charge in [0.2, 0.25) is 0 Å². The molecule has 1 heterocycles. The van der Waals surface area contributed by atoms with Gasteiger partial charge in [0.1, 0.15) is 5.75 Å². The van der Waals surface area contributed by atoms with Gasteiger partial charge in [0.15, 0.2) is 0 Å². The molecule has 0 radical (unpaired) electrons. The fourth-order valence-corrected chi connectivity index (χ4v) is 4.39. The Bertz CT molecular complexity index is 1330. The lowest BCUT2D eigenvalue weighted by Crippen LogP contribution is -2.20. The first-order chi connectivity index (χ1) is 14.1. The highest BCUT2D eigenvalue weighted by atomic mass is 16.3. The average Bonchev–Trinajstić information content (AvgIpc) is 3.14. The van der Waals surface area contributed by atoms with E-state index in [4.69, 9.17) is 0 Å². The molecule has 2 nitrogen and oxygen atoms in total. The maximum Gasteiger partial charge on any atom is 0.124 e. The number of benzene rings is 4. The van der Waals surface area contributed by atoms with Crippen LogP contribution in [0.3, 0.4) is 0 Å². The third kappa shape index (κ3) is 2.72. The van der Waals surface area contributed by atoms with E-state index >= 15 is 0 Å². The summed E-state index contributed by atoms with van der Waals surface area (Å²) in [5.41, 5.74) is 5.11. The highest BCUT2D eigenvalue weighted by molar-refractivity contribution is 6.08. The van der Waals surface area contributed by atoms with E-state index in [-0.39, 0.29) is 5.41 Å². The molecule has 0 saturated heterocycles. The number of nitrogens with one attached hydrogen (secondary N) is 1. The van der Waals surface area contributed by atoms with Crippen LogP contribution in [0.25, 0.3) is 32.8 Å². The molecule has 0 spiro atoms. The molecule has 0 saturated carbocycles. The summed E-state index contributed by atoms with van der Waals surface area (Å²) >= 11 is 0. The van der Waals surface area contributed by atoms with Crippen molar-refractivity contribution in [2.24, 2.45) is 0 Å². The largest absolute Gasteiger partial charge is 0.507 e. The van der Waals surface area contributed by atoms with Crippen molar-refractivity contribution in [1.29, 1.82) is 0 Å². The van der Waals surface area contributed by atoms with Crippen LogP contribution in [0.15, 0.2) is 91.0 Å². The summed E-state index contributed by atoms with van der Waals surface area (Å²) in [6.07, 6.45) is 0. The summed E-state index contributed by atoms with van der Waals surface area (Å²) in [4.78, 5) is 3.68. The minimum absolute atomic E-state index is 0.265. The van der Waals surface area contributed by atoms with E-state index in [1.165, 1.54) is 5.56 Å². The summed E-state index contributed by atoms with van der Waals surface area (Å²) in [6.45, 7) is 4.47. The minimum Gasteiger partial charge on any atom is -0.507 e. The van der Waals surface area contributed by atoms with E-state index in [2.05, 4.69) is 73.4 Å². The average molecular weight is 377 g/mol. The van der Waals surface area contributed by atoms with Crippen molar-refractivity contribution in [3.63, 3.8) is 0 Å². The quantitative estimate of drug-likeness (QED) is 0.348. The number of aromatic hydroxyl groups is 1. The molecular weight excluding hydrogens is 354 g/mol. The molecule has 5 rings (SSSR count). The summed E-state index contributed by atoms with van der Waals surface area (Å²) in [7, 11) is 0. The molecular formula is C27H23NO. The van der Waals surface area contributed by atoms with Crippen LogP contribution in [-0.2, 0) is 5.41 Å². The Morgan fingerprint density at radius 1 is 0.655 bits per heavy atom. The Labute approximate surface area is 170 Å². The van der Waals surface area contributed by atoms with Crippen molar-refractivity contribution < 1.29 is 5.11 Å². The van der Waals surface area contributed by atoms with E-state index in [9.17, 15) is 5.11 Å². The lowest BCUT2D eigenvalue weighted by atomic mass is 9.78. The van der Waals surface area contributed by atoms with Gasteiger partial charge in [0.05, 0.1) is 0 Å². The topological polar surface area (TPSA) is 36.0 Å². The van der Waals surface area contributed by atoms with Gasteiger partial charge < -0.3 is 10.1 Å². The first kappa shape index (κ1) is 17.6. The molecule has 0 aliphatic heterocycles. The molecule has 0 unspecified atom stereocenters. The number of hydrogen-bond acceptors (Lipinski definition) is 1. The number of H-pyrrole nitrogens is 1. The van der Waals surface area contributed by atoms with Crippen LogP contribution in [0, 0.1) is 0 Å². The molecule has 2 N–H and O–H groups in total. The number of aromatic amines is 1. The molecule has 0 amide bonds. The third-order valence-electron chi connectivity index (χ3n) is 5.98. The van der Waals surface area contributed by atoms with Crippen LogP contribution >= 0.6 is 0 Å². The number of fused-ring (bicyclic) bond motifs is 2. The van der Waals surface area contributed by atoms with Crippen molar-refractivity contribution in [3.05, 3.63) is 102 Å². The molecule has 0 atom stereocenters. The van der Waals surface area contributed by atoms with Gasteiger partial charge in [-0.15, -0.1) is 0 Å². The van der Waals surface area contributed by atoms with Crippen molar-refractivity contribution in [2.75, 3.05) is 0 Å². The number of hydrogen-bond donors (Lipinski definition) is 2. The van der Waals surface area contributed by atoms with Crippen LogP contribution in [-0.4, -0.2) is 10.1 Å². The molecule has 5 aromatic rings. The number of para-hydroxylation sites is 1. The van der Waals surface area contributed by atoms with Crippen molar-refractivity contribution >= 4 is 21.7 Å². The zero-order valence-electron chi connectivity index (χ0n) is 16.6. The molecule has 142 valence electrons. The van der Waals surface area contributed by atoms with Gasteiger partial charge in [-0.3, -0.25) is 0 Å². The maximum atomic E-state index is 11.0. The molecule has 4 aromatic carbocycles. The molecule has 0 fully saturated rings. The van der Waals surface area contributed by atoms with E-state index < -0.39 is 0 Å². The second kappa shape index (κ2) is 6.52. The fourth-order valence-electron chi connectivity index (χ4n) is 4.39. The Balaban J connectivity index is 1.91. The number of phenolic OH excluding ortho intramolecular Hbond substituents is 1. The van der Waals surface area contributed by atoms with E-state index in [1.54, 1.807) is 6.07 Å². The summed E-state index contributed by atoms with van der Waals surface area (Å²) in [5.74, 6) is 0.304. The van der Waals surface area contributed by atoms with Crippen LogP contribution in [0.4, 0.5) is 0 Å². The monoisotopic (exact) mass is 377 g/mol. The molecule has 0 aliphatic carbocycles. The van der Waals surface area contributed by atoms with Crippen LogP contribution in [0.1, 0.15) is 25.1 Å². The van der Waals surface area contributed by atoms with Gasteiger partial charge in [0.25, 0.3) is 0 Å². The minimum atomic E-state index is -0.265. The second-order valence-electron chi connectivity index (χ2n) is 8.09.